The van der Waals surface area contributed by atoms with Gasteiger partial charge >= 0.3 is 6.18 Å². The van der Waals surface area contributed by atoms with Crippen molar-refractivity contribution in [2.45, 2.75) is 31.5 Å². The van der Waals surface area contributed by atoms with Gasteiger partial charge in [-0.1, -0.05) is 0 Å². The van der Waals surface area contributed by atoms with Gasteiger partial charge in [0.25, 0.3) is 11.4 Å². The first-order valence-corrected chi connectivity index (χ1v) is 9.26. The number of hydrogen-bond donors (Lipinski definition) is 1. The standard InChI is InChI=1S/C17H21F3N4O5/c18-17(19,20)12-7-14(23(25)26)16(15(8-12)24(27)28)21-13-1-4-22(5-2-13)9-11-3-6-29-10-11/h7-8,11,13,21H,1-6,9-10H2. The monoisotopic (exact) mass is 418 g/mol. The molecule has 2 fully saturated rings. The van der Waals surface area contributed by atoms with Crippen LogP contribution < -0.4 is 5.32 Å². The molecule has 2 aliphatic heterocycles. The van der Waals surface area contributed by atoms with Crippen molar-refractivity contribution in [3.63, 3.8) is 0 Å². The van der Waals surface area contributed by atoms with E-state index in [2.05, 4.69) is 10.2 Å². The molecule has 2 saturated heterocycles. The van der Waals surface area contributed by atoms with Crippen LogP contribution in [0, 0.1) is 26.1 Å². The van der Waals surface area contributed by atoms with Crippen LogP contribution in [0.2, 0.25) is 0 Å². The second-order valence-corrected chi connectivity index (χ2v) is 7.35. The largest absolute Gasteiger partial charge is 0.416 e. The molecule has 0 spiro atoms. The van der Waals surface area contributed by atoms with Gasteiger partial charge in [-0.2, -0.15) is 13.2 Å². The maximum absolute atomic E-state index is 13.0. The van der Waals surface area contributed by atoms with Crippen LogP contribution in [0.1, 0.15) is 24.8 Å². The van der Waals surface area contributed by atoms with Crippen LogP contribution >= 0.6 is 0 Å². The van der Waals surface area contributed by atoms with Gasteiger partial charge in [-0.05, 0) is 25.2 Å². The van der Waals surface area contributed by atoms with Crippen molar-refractivity contribution < 1.29 is 27.8 Å². The summed E-state index contributed by atoms with van der Waals surface area (Å²) in [6.45, 7) is 3.74. The molecular formula is C17H21F3N4O5. The summed E-state index contributed by atoms with van der Waals surface area (Å²) in [6.07, 6.45) is -2.78. The fourth-order valence-corrected chi connectivity index (χ4v) is 3.77. The molecule has 1 atom stereocenters. The minimum Gasteiger partial charge on any atom is -0.381 e. The lowest BCUT2D eigenvalue weighted by molar-refractivity contribution is -0.392. The number of piperidine rings is 1. The molecule has 1 aromatic rings. The van der Waals surface area contributed by atoms with Crippen molar-refractivity contribution in [2.24, 2.45) is 5.92 Å². The van der Waals surface area contributed by atoms with Gasteiger partial charge in [-0.3, -0.25) is 20.2 Å². The maximum atomic E-state index is 13.0. The normalized spacial score (nSPS) is 21.3. The molecule has 29 heavy (non-hydrogen) atoms. The van der Waals surface area contributed by atoms with E-state index in [0.29, 0.717) is 44.0 Å². The van der Waals surface area contributed by atoms with Crippen molar-refractivity contribution in [1.82, 2.24) is 4.90 Å². The average Bonchev–Trinajstić information content (AvgIpc) is 3.15. The maximum Gasteiger partial charge on any atom is 0.416 e. The fraction of sp³-hybridized carbons (Fsp3) is 0.647. The summed E-state index contributed by atoms with van der Waals surface area (Å²) < 4.78 is 44.3. The zero-order chi connectivity index (χ0) is 21.2. The molecule has 1 aromatic carbocycles. The molecule has 9 nitrogen and oxygen atoms in total. The Labute approximate surface area is 164 Å². The molecule has 3 rings (SSSR count). The van der Waals surface area contributed by atoms with Crippen LogP contribution in [0.3, 0.4) is 0 Å². The highest BCUT2D eigenvalue weighted by molar-refractivity contribution is 5.75. The second kappa shape index (κ2) is 8.49. The van der Waals surface area contributed by atoms with Gasteiger partial charge < -0.3 is 15.0 Å². The number of alkyl halides is 3. The molecule has 0 radical (unpaired) electrons. The average molecular weight is 418 g/mol. The van der Waals surface area contributed by atoms with Crippen LogP contribution in [0.15, 0.2) is 12.1 Å². The van der Waals surface area contributed by atoms with Crippen LogP contribution in [-0.2, 0) is 10.9 Å². The van der Waals surface area contributed by atoms with Gasteiger partial charge in [0, 0.05) is 44.4 Å². The van der Waals surface area contributed by atoms with E-state index >= 15 is 0 Å². The van der Waals surface area contributed by atoms with Crippen molar-refractivity contribution in [2.75, 3.05) is 38.2 Å². The lowest BCUT2D eigenvalue weighted by Gasteiger charge is -2.33. The van der Waals surface area contributed by atoms with E-state index < -0.39 is 38.6 Å². The molecule has 1 N–H and O–H groups in total. The summed E-state index contributed by atoms with van der Waals surface area (Å²) in [7, 11) is 0. The van der Waals surface area contributed by atoms with Gasteiger partial charge in [0.05, 0.1) is 22.0 Å². The fourth-order valence-electron chi connectivity index (χ4n) is 3.77. The van der Waals surface area contributed by atoms with E-state index in [1.165, 1.54) is 0 Å². The summed E-state index contributed by atoms with van der Waals surface area (Å²) in [4.78, 5) is 22.8. The Hall–Kier alpha value is -2.47. The molecule has 2 aliphatic rings. The predicted molar refractivity (Wildman–Crippen MR) is 96.8 cm³/mol. The SMILES string of the molecule is O=[N+]([O-])c1cc(C(F)(F)F)cc([N+](=O)[O-])c1NC1CCN(CC2CCOC2)CC1. The number of halogens is 3. The van der Waals surface area contributed by atoms with Gasteiger partial charge in [0.1, 0.15) is 0 Å². The number of ether oxygens (including phenoxy) is 1. The van der Waals surface area contributed by atoms with Gasteiger partial charge in [0.15, 0.2) is 5.69 Å². The van der Waals surface area contributed by atoms with Crippen molar-refractivity contribution in [3.05, 3.63) is 37.9 Å². The number of hydrogen-bond acceptors (Lipinski definition) is 7. The quantitative estimate of drug-likeness (QED) is 0.556. The van der Waals surface area contributed by atoms with E-state index in [9.17, 15) is 33.4 Å². The first kappa shape index (κ1) is 21.2. The summed E-state index contributed by atoms with van der Waals surface area (Å²) in [5.74, 6) is 0.469. The molecule has 1 unspecified atom stereocenters. The third-order valence-corrected chi connectivity index (χ3v) is 5.29. The second-order valence-electron chi connectivity index (χ2n) is 7.35. The van der Waals surface area contributed by atoms with Crippen LogP contribution in [0.5, 0.6) is 0 Å². The van der Waals surface area contributed by atoms with Crippen LogP contribution in [-0.4, -0.2) is 53.6 Å². The van der Waals surface area contributed by atoms with Crippen LogP contribution in [0.4, 0.5) is 30.2 Å². The predicted octanol–water partition coefficient (Wildman–Crippen LogP) is 3.43. The lowest BCUT2D eigenvalue weighted by atomic mass is 10.0. The highest BCUT2D eigenvalue weighted by atomic mass is 19.4. The molecule has 2 heterocycles. The van der Waals surface area contributed by atoms with E-state index in [4.69, 9.17) is 4.74 Å². The van der Waals surface area contributed by atoms with Crippen molar-refractivity contribution >= 4 is 17.1 Å². The molecular weight excluding hydrogens is 397 g/mol. The number of nitro groups is 2. The number of anilines is 1. The lowest BCUT2D eigenvalue weighted by Crippen LogP contribution is -2.41. The number of nitrogens with one attached hydrogen (secondary N) is 1. The Kier molecular flexibility index (Phi) is 6.22. The highest BCUT2D eigenvalue weighted by Gasteiger charge is 2.38. The molecule has 0 aromatic heterocycles. The molecule has 0 amide bonds. The zero-order valence-electron chi connectivity index (χ0n) is 15.5. The molecule has 0 aliphatic carbocycles. The van der Waals surface area contributed by atoms with E-state index in [-0.39, 0.29) is 6.04 Å². The topological polar surface area (TPSA) is 111 Å². The van der Waals surface area contributed by atoms with E-state index in [1.54, 1.807) is 0 Å². The number of benzene rings is 1. The number of rotatable bonds is 6. The Morgan fingerprint density at radius 1 is 1.10 bits per heavy atom. The Bertz CT molecular complexity index is 740. The van der Waals surface area contributed by atoms with Gasteiger partial charge in [-0.25, -0.2) is 0 Å². The third kappa shape index (κ3) is 5.12. The summed E-state index contributed by atoms with van der Waals surface area (Å²) >= 11 is 0. The Morgan fingerprint density at radius 3 is 2.14 bits per heavy atom. The van der Waals surface area contributed by atoms with E-state index in [0.717, 1.165) is 26.2 Å². The number of likely N-dealkylation sites (tertiary alicyclic amines) is 1. The zero-order valence-corrected chi connectivity index (χ0v) is 15.5. The summed E-state index contributed by atoms with van der Waals surface area (Å²) in [5, 5.41) is 25.4. The third-order valence-electron chi connectivity index (χ3n) is 5.29. The summed E-state index contributed by atoms with van der Waals surface area (Å²) in [5.41, 5.74) is -3.79. The molecule has 0 saturated carbocycles. The molecule has 0 bridgehead atoms. The number of nitrogens with zero attached hydrogens (tertiary/aromatic N) is 3. The Balaban J connectivity index is 1.76. The molecule has 12 heteroatoms. The first-order valence-electron chi connectivity index (χ1n) is 9.26. The minimum atomic E-state index is -4.93. The highest BCUT2D eigenvalue weighted by Crippen LogP contribution is 2.41. The van der Waals surface area contributed by atoms with Gasteiger partial charge in [0.2, 0.25) is 0 Å². The smallest absolute Gasteiger partial charge is 0.381 e. The van der Waals surface area contributed by atoms with Crippen molar-refractivity contribution in [3.8, 4) is 0 Å². The minimum absolute atomic E-state index is 0.305. The van der Waals surface area contributed by atoms with Crippen LogP contribution in [0.25, 0.3) is 0 Å². The summed E-state index contributed by atoms with van der Waals surface area (Å²) in [6, 6.07) is 0.370. The van der Waals surface area contributed by atoms with E-state index in [1.807, 2.05) is 0 Å². The molecule has 160 valence electrons. The first-order chi connectivity index (χ1) is 13.6. The van der Waals surface area contributed by atoms with Gasteiger partial charge in [-0.15, -0.1) is 0 Å². The Morgan fingerprint density at radius 2 is 1.69 bits per heavy atom. The number of nitro benzene ring substituents is 2. The van der Waals surface area contributed by atoms with Crippen molar-refractivity contribution in [1.29, 1.82) is 0 Å².